The van der Waals surface area contributed by atoms with Crippen LogP contribution in [0, 0.1) is 11.8 Å². The number of hydrogen-bond donors (Lipinski definition) is 0. The minimum Gasteiger partial charge on any atom is -0.377 e. The minimum atomic E-state index is -4.43. The molecule has 5 atom stereocenters. The van der Waals surface area contributed by atoms with Gasteiger partial charge in [0, 0.05) is 45.3 Å². The molecule has 41 heavy (non-hydrogen) atoms. The molecule has 222 valence electrons. The van der Waals surface area contributed by atoms with Gasteiger partial charge in [0.2, 0.25) is 5.91 Å². The molecule has 3 aliphatic heterocycles. The summed E-state index contributed by atoms with van der Waals surface area (Å²) in [5.41, 5.74) is 0.932. The van der Waals surface area contributed by atoms with Gasteiger partial charge in [0.15, 0.2) is 0 Å². The first-order chi connectivity index (χ1) is 19.5. The average molecular weight is 575 g/mol. The van der Waals surface area contributed by atoms with Crippen LogP contribution >= 0.6 is 0 Å². The van der Waals surface area contributed by atoms with E-state index in [1.165, 1.54) is 28.8 Å². The molecule has 1 aliphatic carbocycles. The maximum absolute atomic E-state index is 14.2. The number of benzene rings is 1. The lowest BCUT2D eigenvalue weighted by Crippen LogP contribution is -2.46. The van der Waals surface area contributed by atoms with Gasteiger partial charge in [-0.3, -0.25) is 9.69 Å². The lowest BCUT2D eigenvalue weighted by Gasteiger charge is -2.38. The Kier molecular flexibility index (Phi) is 7.25. The minimum absolute atomic E-state index is 0.00458. The van der Waals surface area contributed by atoms with Crippen molar-refractivity contribution in [2.24, 2.45) is 11.8 Å². The van der Waals surface area contributed by atoms with E-state index in [-0.39, 0.29) is 35.8 Å². The molecule has 4 aliphatic rings. The van der Waals surface area contributed by atoms with Gasteiger partial charge in [-0.15, -0.1) is 0 Å². The van der Waals surface area contributed by atoms with E-state index in [1.54, 1.807) is 19.3 Å². The van der Waals surface area contributed by atoms with Gasteiger partial charge in [0.05, 0.1) is 48.9 Å². The number of halogens is 3. The number of morpholine rings is 1. The molecule has 3 saturated heterocycles. The monoisotopic (exact) mass is 574 g/mol. The molecule has 2 amide bonds. The second-order valence-corrected chi connectivity index (χ2v) is 12.1. The fourth-order valence-corrected chi connectivity index (χ4v) is 7.27. The third-order valence-corrected chi connectivity index (χ3v) is 9.56. The highest BCUT2D eigenvalue weighted by Crippen LogP contribution is 2.44. The molecule has 2 aromatic rings. The van der Waals surface area contributed by atoms with E-state index in [4.69, 9.17) is 4.74 Å². The van der Waals surface area contributed by atoms with Gasteiger partial charge in [0.1, 0.15) is 0 Å². The molecule has 2 unspecified atom stereocenters. The molecule has 0 N–H and O–H groups in total. The molecule has 4 fully saturated rings. The second kappa shape index (κ2) is 10.6. The Morgan fingerprint density at radius 1 is 1.07 bits per heavy atom. The number of likely N-dealkylation sites (tertiary alicyclic amines) is 1. The predicted octanol–water partition coefficient (Wildman–Crippen LogP) is 4.06. The fourth-order valence-electron chi connectivity index (χ4n) is 7.27. The molecular formula is C29H37F3N6O3. The Bertz CT molecular complexity index is 1280. The summed E-state index contributed by atoms with van der Waals surface area (Å²) < 4.78 is 49.5. The molecule has 9 nitrogen and oxygen atoms in total. The molecule has 6 rings (SSSR count). The van der Waals surface area contributed by atoms with Crippen molar-refractivity contribution >= 4 is 23.3 Å². The zero-order chi connectivity index (χ0) is 29.1. The van der Waals surface area contributed by atoms with Crippen LogP contribution < -0.4 is 9.80 Å². The molecule has 1 saturated carbocycles. The van der Waals surface area contributed by atoms with Gasteiger partial charge in [-0.2, -0.15) is 23.0 Å². The van der Waals surface area contributed by atoms with Gasteiger partial charge in [-0.25, -0.2) is 4.79 Å². The first-order valence-corrected chi connectivity index (χ1v) is 14.3. The van der Waals surface area contributed by atoms with Crippen LogP contribution in [0.4, 0.5) is 29.3 Å². The maximum atomic E-state index is 14.2. The van der Waals surface area contributed by atoms with Crippen molar-refractivity contribution in [3.8, 4) is 0 Å². The smallest absolute Gasteiger partial charge is 0.377 e. The molecule has 0 spiro atoms. The van der Waals surface area contributed by atoms with Crippen molar-refractivity contribution in [1.82, 2.24) is 19.6 Å². The highest BCUT2D eigenvalue weighted by molar-refractivity contribution is 5.91. The molecule has 1 aromatic heterocycles. The highest BCUT2D eigenvalue weighted by atomic mass is 19.4. The Morgan fingerprint density at radius 2 is 1.73 bits per heavy atom. The Morgan fingerprint density at radius 3 is 2.34 bits per heavy atom. The zero-order valence-corrected chi connectivity index (χ0v) is 23.7. The van der Waals surface area contributed by atoms with E-state index < -0.39 is 11.7 Å². The van der Waals surface area contributed by atoms with Crippen LogP contribution in [0.5, 0.6) is 0 Å². The van der Waals surface area contributed by atoms with Crippen molar-refractivity contribution in [2.75, 3.05) is 50.2 Å². The summed E-state index contributed by atoms with van der Waals surface area (Å²) in [5, 5.41) is 4.15. The summed E-state index contributed by atoms with van der Waals surface area (Å²) in [6, 6.07) is 4.87. The van der Waals surface area contributed by atoms with Gasteiger partial charge in [0.25, 0.3) is 0 Å². The van der Waals surface area contributed by atoms with E-state index in [2.05, 4.69) is 10.00 Å². The number of anilines is 2. The van der Waals surface area contributed by atoms with Crippen LogP contribution in [-0.4, -0.2) is 90.0 Å². The molecule has 12 heteroatoms. The summed E-state index contributed by atoms with van der Waals surface area (Å²) in [4.78, 5) is 32.0. The van der Waals surface area contributed by atoms with Crippen LogP contribution in [0.2, 0.25) is 0 Å². The summed E-state index contributed by atoms with van der Waals surface area (Å²) >= 11 is 0. The molecule has 2 bridgehead atoms. The highest BCUT2D eigenvalue weighted by Gasteiger charge is 2.45. The predicted molar refractivity (Wildman–Crippen MR) is 147 cm³/mol. The van der Waals surface area contributed by atoms with Gasteiger partial charge in [-0.05, 0) is 62.3 Å². The Balaban J connectivity index is 1.08. The lowest BCUT2D eigenvalue weighted by atomic mass is 10.0. The number of alkyl halides is 3. The van der Waals surface area contributed by atoms with Crippen LogP contribution in [0.3, 0.4) is 0 Å². The standard InChI is InChI=1S/C29H37F3N6O3/c1-18(39)35(3)25-11-33-37(15-25)28(40)36-13-20-9-24(10-21(20)14-36)34(2)12-19-4-7-27(26(8-19)29(30,31)32)38-22-5-6-23(38)17-41-16-22/h4,7-8,11,15,20-24H,5-6,9-10,12-14,16-17H2,1-3H3/t20-,21+,22?,23?,24+. The van der Waals surface area contributed by atoms with Crippen LogP contribution in [-0.2, 0) is 22.3 Å². The number of carbonyl (C=O) groups is 2. The number of amides is 2. The largest absolute Gasteiger partial charge is 0.418 e. The Labute approximate surface area is 237 Å². The van der Waals surface area contributed by atoms with Gasteiger partial charge in [-0.1, -0.05) is 6.07 Å². The number of ether oxygens (including phenoxy) is 1. The summed E-state index contributed by atoms with van der Waals surface area (Å²) in [7, 11) is 3.62. The Hall–Kier alpha value is -3.12. The number of aromatic nitrogens is 2. The molecule has 4 heterocycles. The SMILES string of the molecule is CC(=O)N(C)c1cnn(C(=O)N2C[C@H]3C[C@H](N(C)Cc4ccc(N5C6CCC5COC6)c(C(F)(F)F)c4)C[C@H]3C2)c1. The van der Waals surface area contributed by atoms with E-state index >= 15 is 0 Å². The van der Waals surface area contributed by atoms with E-state index in [0.717, 1.165) is 25.7 Å². The number of nitrogens with zero attached hydrogens (tertiary/aromatic N) is 6. The van der Waals surface area contributed by atoms with E-state index in [1.807, 2.05) is 22.9 Å². The zero-order valence-electron chi connectivity index (χ0n) is 23.7. The maximum Gasteiger partial charge on any atom is 0.418 e. The number of fused-ring (bicyclic) bond motifs is 3. The van der Waals surface area contributed by atoms with E-state index in [9.17, 15) is 22.8 Å². The van der Waals surface area contributed by atoms with Crippen molar-refractivity contribution in [2.45, 2.75) is 63.5 Å². The number of hydrogen-bond acceptors (Lipinski definition) is 6. The summed E-state index contributed by atoms with van der Waals surface area (Å²) in [5.74, 6) is 0.537. The van der Waals surface area contributed by atoms with Crippen molar-refractivity contribution in [1.29, 1.82) is 0 Å². The fraction of sp³-hybridized carbons (Fsp3) is 0.621. The molecule has 0 radical (unpaired) electrons. The first kappa shape index (κ1) is 28.0. The average Bonchev–Trinajstić information content (AvgIpc) is 3.69. The first-order valence-electron chi connectivity index (χ1n) is 14.3. The normalized spacial score (nSPS) is 27.5. The van der Waals surface area contributed by atoms with Crippen molar-refractivity contribution < 1.29 is 27.5 Å². The van der Waals surface area contributed by atoms with Gasteiger partial charge >= 0.3 is 12.2 Å². The van der Waals surface area contributed by atoms with Crippen molar-refractivity contribution in [3.63, 3.8) is 0 Å². The third-order valence-electron chi connectivity index (χ3n) is 9.56. The lowest BCUT2D eigenvalue weighted by molar-refractivity contribution is -0.137. The number of rotatable bonds is 5. The van der Waals surface area contributed by atoms with Crippen molar-refractivity contribution in [3.05, 3.63) is 41.7 Å². The quantitative estimate of drug-likeness (QED) is 0.537. The van der Waals surface area contributed by atoms with E-state index in [0.29, 0.717) is 55.9 Å². The van der Waals surface area contributed by atoms with Gasteiger partial charge < -0.3 is 19.4 Å². The van der Waals surface area contributed by atoms with Crippen LogP contribution in [0.25, 0.3) is 0 Å². The summed E-state index contributed by atoms with van der Waals surface area (Å²) in [6.45, 7) is 4.09. The molecule has 1 aromatic carbocycles. The molecular weight excluding hydrogens is 537 g/mol. The topological polar surface area (TPSA) is 74.2 Å². The van der Waals surface area contributed by atoms with Crippen LogP contribution in [0.15, 0.2) is 30.6 Å². The third kappa shape index (κ3) is 5.31. The van der Waals surface area contributed by atoms with Crippen LogP contribution in [0.1, 0.15) is 43.7 Å². The number of carbonyl (C=O) groups excluding carboxylic acids is 2. The second-order valence-electron chi connectivity index (χ2n) is 12.1. The summed E-state index contributed by atoms with van der Waals surface area (Å²) in [6.07, 6.45) is 2.15.